The summed E-state index contributed by atoms with van der Waals surface area (Å²) in [7, 11) is -2.64. The van der Waals surface area contributed by atoms with Gasteiger partial charge in [-0.15, -0.1) is 0 Å². The lowest BCUT2D eigenvalue weighted by molar-refractivity contribution is 1.18. The molecule has 3 nitrogen and oxygen atoms in total. The van der Waals surface area contributed by atoms with E-state index in [-0.39, 0.29) is 0 Å². The molecule has 0 aliphatic heterocycles. The Hall–Kier alpha value is -6.46. The second-order valence-electron chi connectivity index (χ2n) is 11.9. The SMILES string of the molecule is [C-]#[N+]c1cc(-c2ccc([Si](c3ccccc3)(c3ccccc3)c3ccccc3)cc2)cc(-n2c3ccccc3c3cc([N+]#[C-])ccc32)c1. The second-order valence-corrected chi connectivity index (χ2v) is 15.8. The van der Waals surface area contributed by atoms with Gasteiger partial charge in [-0.05, 0) is 73.7 Å². The standard InChI is InChI=1S/C44H29N3Si/c1-45-34-24-27-44-42(31-34)41-20-12-13-21-43(41)47(44)36-29-33(28-35(30-36)46-2)32-22-25-40(26-23-32)48(37-14-6-3-7-15-37,38-16-8-4-9-17-38)39-18-10-5-11-19-39/h3-31H. The number of hydrogen-bond donors (Lipinski definition) is 0. The summed E-state index contributed by atoms with van der Waals surface area (Å²) in [5, 5.41) is 7.42. The van der Waals surface area contributed by atoms with E-state index in [1.165, 1.54) is 20.7 Å². The van der Waals surface area contributed by atoms with Gasteiger partial charge in [0, 0.05) is 11.1 Å². The minimum Gasteiger partial charge on any atom is -0.311 e. The number of rotatable bonds is 6. The summed E-state index contributed by atoms with van der Waals surface area (Å²) in [6.45, 7) is 15.6. The predicted molar refractivity (Wildman–Crippen MR) is 202 cm³/mol. The highest BCUT2D eigenvalue weighted by Crippen LogP contribution is 2.37. The van der Waals surface area contributed by atoms with Crippen molar-refractivity contribution < 1.29 is 0 Å². The lowest BCUT2D eigenvalue weighted by Crippen LogP contribution is -2.74. The zero-order chi connectivity index (χ0) is 32.5. The number of benzene rings is 7. The van der Waals surface area contributed by atoms with E-state index < -0.39 is 8.07 Å². The Morgan fingerprint density at radius 3 is 1.50 bits per heavy atom. The summed E-state index contributed by atoms with van der Waals surface area (Å²) < 4.78 is 2.21. The lowest BCUT2D eigenvalue weighted by Gasteiger charge is -2.34. The maximum atomic E-state index is 7.99. The minimum absolute atomic E-state index is 0.580. The van der Waals surface area contributed by atoms with E-state index in [4.69, 9.17) is 13.1 Å². The van der Waals surface area contributed by atoms with Crippen molar-refractivity contribution >= 4 is 62.0 Å². The van der Waals surface area contributed by atoms with E-state index in [1.54, 1.807) is 0 Å². The molecule has 4 heteroatoms. The Balaban J connectivity index is 1.31. The molecule has 0 bridgehead atoms. The molecule has 1 aromatic heterocycles. The van der Waals surface area contributed by atoms with E-state index in [9.17, 15) is 0 Å². The normalized spacial score (nSPS) is 11.3. The van der Waals surface area contributed by atoms with E-state index in [2.05, 4.69) is 148 Å². The Labute approximate surface area is 281 Å². The first kappa shape index (κ1) is 29.0. The maximum Gasteiger partial charge on any atom is 0.189 e. The van der Waals surface area contributed by atoms with Gasteiger partial charge in [0.15, 0.2) is 19.4 Å². The predicted octanol–water partition coefficient (Wildman–Crippen LogP) is 8.93. The summed E-state index contributed by atoms with van der Waals surface area (Å²) in [5.41, 5.74) is 6.21. The minimum atomic E-state index is -2.64. The third kappa shape index (κ3) is 4.72. The molecule has 0 spiro atoms. The molecule has 7 aromatic carbocycles. The van der Waals surface area contributed by atoms with E-state index in [0.29, 0.717) is 11.4 Å². The molecule has 0 N–H and O–H groups in total. The first-order valence-electron chi connectivity index (χ1n) is 15.9. The van der Waals surface area contributed by atoms with Crippen molar-refractivity contribution in [1.29, 1.82) is 0 Å². The third-order valence-corrected chi connectivity index (χ3v) is 14.1. The molecule has 48 heavy (non-hydrogen) atoms. The van der Waals surface area contributed by atoms with Gasteiger partial charge in [0.2, 0.25) is 0 Å². The summed E-state index contributed by atoms with van der Waals surface area (Å²) >= 11 is 0. The van der Waals surface area contributed by atoms with Gasteiger partial charge < -0.3 is 4.57 Å². The van der Waals surface area contributed by atoms with Crippen LogP contribution in [0, 0.1) is 13.1 Å². The molecule has 8 aromatic rings. The molecule has 1 heterocycles. The molecule has 0 radical (unpaired) electrons. The summed E-state index contributed by atoms with van der Waals surface area (Å²) in [6.07, 6.45) is 0. The Kier molecular flexibility index (Phi) is 7.27. The first-order valence-corrected chi connectivity index (χ1v) is 17.9. The number of para-hydroxylation sites is 1. The summed E-state index contributed by atoms with van der Waals surface area (Å²) in [6, 6.07) is 62.0. The van der Waals surface area contributed by atoms with Crippen molar-refractivity contribution in [3.05, 3.63) is 199 Å². The van der Waals surface area contributed by atoms with Crippen molar-refractivity contribution in [2.24, 2.45) is 0 Å². The summed E-state index contributed by atoms with van der Waals surface area (Å²) in [4.78, 5) is 7.57. The van der Waals surface area contributed by atoms with Crippen LogP contribution >= 0.6 is 0 Å². The molecule has 0 saturated carbocycles. The van der Waals surface area contributed by atoms with E-state index in [0.717, 1.165) is 38.6 Å². The molecule has 8 rings (SSSR count). The molecule has 0 saturated heterocycles. The second kappa shape index (κ2) is 12.0. The van der Waals surface area contributed by atoms with E-state index in [1.807, 2.05) is 42.5 Å². The van der Waals surface area contributed by atoms with Crippen LogP contribution in [0.3, 0.4) is 0 Å². The highest BCUT2D eigenvalue weighted by molar-refractivity contribution is 7.19. The number of hydrogen-bond acceptors (Lipinski definition) is 0. The van der Waals surface area contributed by atoms with Crippen LogP contribution in [0.4, 0.5) is 11.4 Å². The van der Waals surface area contributed by atoms with Crippen molar-refractivity contribution in [1.82, 2.24) is 4.57 Å². The Bertz CT molecular complexity index is 2410. The van der Waals surface area contributed by atoms with Gasteiger partial charge in [-0.1, -0.05) is 140 Å². The third-order valence-electron chi connectivity index (χ3n) is 9.35. The van der Waals surface area contributed by atoms with Crippen molar-refractivity contribution in [3.8, 4) is 16.8 Å². The van der Waals surface area contributed by atoms with Gasteiger partial charge >= 0.3 is 0 Å². The summed E-state index contributed by atoms with van der Waals surface area (Å²) in [5.74, 6) is 0. The van der Waals surface area contributed by atoms with Crippen molar-refractivity contribution in [2.75, 3.05) is 0 Å². The first-order chi connectivity index (χ1) is 23.7. The molecule has 224 valence electrons. The molecule has 0 aliphatic carbocycles. The fraction of sp³-hybridized carbons (Fsp3) is 0. The van der Waals surface area contributed by atoms with Crippen molar-refractivity contribution in [2.45, 2.75) is 0 Å². The smallest absolute Gasteiger partial charge is 0.189 e. The number of aromatic nitrogens is 1. The maximum absolute atomic E-state index is 7.99. The number of fused-ring (bicyclic) bond motifs is 3. The van der Waals surface area contributed by atoms with Crippen LogP contribution in [0.15, 0.2) is 176 Å². The van der Waals surface area contributed by atoms with Gasteiger partial charge in [-0.2, -0.15) is 0 Å². The van der Waals surface area contributed by atoms with Gasteiger partial charge in [0.1, 0.15) is 0 Å². The molecule has 0 fully saturated rings. The van der Waals surface area contributed by atoms with Crippen LogP contribution in [-0.4, -0.2) is 12.6 Å². The zero-order valence-corrected chi connectivity index (χ0v) is 27.1. The molecular formula is C44H29N3Si. The average molecular weight is 628 g/mol. The molecule has 0 atom stereocenters. The van der Waals surface area contributed by atoms with Crippen LogP contribution in [-0.2, 0) is 0 Å². The van der Waals surface area contributed by atoms with Crippen LogP contribution in [0.2, 0.25) is 0 Å². The Morgan fingerprint density at radius 2 is 0.917 bits per heavy atom. The topological polar surface area (TPSA) is 13.6 Å². The highest BCUT2D eigenvalue weighted by Gasteiger charge is 2.41. The zero-order valence-electron chi connectivity index (χ0n) is 26.1. The van der Waals surface area contributed by atoms with Crippen LogP contribution in [0.25, 0.3) is 48.3 Å². The molecular weight excluding hydrogens is 599 g/mol. The molecule has 0 aliphatic rings. The van der Waals surface area contributed by atoms with Crippen LogP contribution in [0.5, 0.6) is 0 Å². The van der Waals surface area contributed by atoms with Gasteiger partial charge in [0.05, 0.1) is 24.2 Å². The average Bonchev–Trinajstić information content (AvgIpc) is 3.50. The van der Waals surface area contributed by atoms with Crippen LogP contribution in [0.1, 0.15) is 0 Å². The van der Waals surface area contributed by atoms with Crippen LogP contribution < -0.4 is 20.7 Å². The fourth-order valence-electron chi connectivity index (χ4n) is 7.24. The van der Waals surface area contributed by atoms with Gasteiger partial charge in [0.25, 0.3) is 0 Å². The Morgan fingerprint density at radius 1 is 0.396 bits per heavy atom. The lowest BCUT2D eigenvalue weighted by atomic mass is 10.0. The molecule has 0 unspecified atom stereocenters. The molecule has 0 amide bonds. The van der Waals surface area contributed by atoms with Gasteiger partial charge in [-0.25, -0.2) is 9.69 Å². The highest BCUT2D eigenvalue weighted by atomic mass is 28.3. The largest absolute Gasteiger partial charge is 0.311 e. The van der Waals surface area contributed by atoms with Gasteiger partial charge in [-0.3, -0.25) is 0 Å². The van der Waals surface area contributed by atoms with E-state index >= 15 is 0 Å². The number of nitrogens with zero attached hydrogens (tertiary/aromatic N) is 3. The quantitative estimate of drug-likeness (QED) is 0.0993. The monoisotopic (exact) mass is 627 g/mol. The fourth-order valence-corrected chi connectivity index (χ4v) is 12.0. The van der Waals surface area contributed by atoms with Crippen molar-refractivity contribution in [3.63, 3.8) is 0 Å².